The third kappa shape index (κ3) is 2.15. The van der Waals surface area contributed by atoms with Crippen molar-refractivity contribution in [2.45, 2.75) is 19.4 Å². The largest absolute Gasteiger partial charge is 0.333 e. The third-order valence-electron chi connectivity index (χ3n) is 2.66. The van der Waals surface area contributed by atoms with Crippen molar-refractivity contribution in [3.63, 3.8) is 0 Å². The molecular formula is C9H14N4OS. The highest BCUT2D eigenvalue weighted by molar-refractivity contribution is 6.99. The number of likely N-dealkylation sites (N-methyl/N-ethyl adjacent to an activating group) is 1. The van der Waals surface area contributed by atoms with E-state index < -0.39 is 0 Å². The lowest BCUT2D eigenvalue weighted by Gasteiger charge is -2.26. The quantitative estimate of drug-likeness (QED) is 0.808. The van der Waals surface area contributed by atoms with Gasteiger partial charge in [0.05, 0.1) is 17.9 Å². The van der Waals surface area contributed by atoms with Crippen molar-refractivity contribution in [2.75, 3.05) is 19.6 Å². The number of carbonyl (C=O) groups is 1. The van der Waals surface area contributed by atoms with Gasteiger partial charge in [0.2, 0.25) is 0 Å². The summed E-state index contributed by atoms with van der Waals surface area (Å²) in [6.45, 7) is 4.60. The van der Waals surface area contributed by atoms with Crippen molar-refractivity contribution in [3.05, 3.63) is 11.9 Å². The van der Waals surface area contributed by atoms with Crippen LogP contribution < -0.4 is 5.32 Å². The Morgan fingerprint density at radius 3 is 3.20 bits per heavy atom. The molecule has 6 heteroatoms. The number of nitrogens with one attached hydrogen (secondary N) is 1. The van der Waals surface area contributed by atoms with E-state index in [1.54, 1.807) is 0 Å². The Labute approximate surface area is 92.8 Å². The molecule has 2 heterocycles. The van der Waals surface area contributed by atoms with Crippen LogP contribution >= 0.6 is 11.7 Å². The predicted octanol–water partition coefficient (Wildman–Crippen LogP) is 0.362. The second-order valence-corrected chi connectivity index (χ2v) is 4.09. The van der Waals surface area contributed by atoms with Gasteiger partial charge in [-0.1, -0.05) is 0 Å². The second-order valence-electron chi connectivity index (χ2n) is 3.53. The summed E-state index contributed by atoms with van der Waals surface area (Å²) in [6.07, 6.45) is 2.56. The molecule has 1 amide bonds. The molecule has 1 atom stereocenters. The van der Waals surface area contributed by atoms with Crippen LogP contribution in [0, 0.1) is 0 Å². The Morgan fingerprint density at radius 1 is 1.80 bits per heavy atom. The summed E-state index contributed by atoms with van der Waals surface area (Å²) in [5.74, 6) is -0.0000463. The summed E-state index contributed by atoms with van der Waals surface area (Å²) >= 11 is 1.08. The van der Waals surface area contributed by atoms with Gasteiger partial charge in [0.15, 0.2) is 5.69 Å². The Hall–Kier alpha value is -1.01. The normalized spacial score (nSPS) is 20.5. The number of hydrogen-bond acceptors (Lipinski definition) is 5. The van der Waals surface area contributed by atoms with E-state index in [4.69, 9.17) is 0 Å². The van der Waals surface area contributed by atoms with E-state index in [9.17, 15) is 4.79 Å². The van der Waals surface area contributed by atoms with Crippen LogP contribution in [0.2, 0.25) is 0 Å². The molecule has 0 saturated carbocycles. The molecule has 1 fully saturated rings. The zero-order chi connectivity index (χ0) is 10.7. The molecule has 0 bridgehead atoms. The Morgan fingerprint density at radius 2 is 2.67 bits per heavy atom. The molecule has 0 aromatic carbocycles. The van der Waals surface area contributed by atoms with Gasteiger partial charge >= 0.3 is 0 Å². The van der Waals surface area contributed by atoms with E-state index in [0.29, 0.717) is 11.7 Å². The Balaban J connectivity index is 2.09. The van der Waals surface area contributed by atoms with E-state index in [1.165, 1.54) is 6.20 Å². The lowest BCUT2D eigenvalue weighted by molar-refractivity contribution is 0.0699. The monoisotopic (exact) mass is 226 g/mol. The van der Waals surface area contributed by atoms with Crippen molar-refractivity contribution < 1.29 is 4.79 Å². The molecule has 1 aromatic rings. The van der Waals surface area contributed by atoms with Gasteiger partial charge in [0, 0.05) is 19.1 Å². The maximum absolute atomic E-state index is 12.0. The third-order valence-corrected chi connectivity index (χ3v) is 3.14. The van der Waals surface area contributed by atoms with Crippen molar-refractivity contribution in [2.24, 2.45) is 0 Å². The van der Waals surface area contributed by atoms with Crippen LogP contribution in [0.4, 0.5) is 0 Å². The first-order valence-electron chi connectivity index (χ1n) is 5.12. The minimum absolute atomic E-state index is 0.0000463. The molecule has 0 radical (unpaired) electrons. The molecule has 2 rings (SSSR count). The summed E-state index contributed by atoms with van der Waals surface area (Å²) in [7, 11) is 0. The number of hydrogen-bond donors (Lipinski definition) is 1. The lowest BCUT2D eigenvalue weighted by Crippen LogP contribution is -2.41. The van der Waals surface area contributed by atoms with E-state index in [1.807, 2.05) is 11.8 Å². The molecule has 0 spiro atoms. The lowest BCUT2D eigenvalue weighted by atomic mass is 10.2. The summed E-state index contributed by atoms with van der Waals surface area (Å²) in [5, 5.41) is 3.26. The number of amides is 1. The van der Waals surface area contributed by atoms with Crippen molar-refractivity contribution in [1.29, 1.82) is 0 Å². The SMILES string of the molecule is CCN(C(=O)c1cnsn1)C1CCNC1. The molecule has 1 unspecified atom stereocenters. The van der Waals surface area contributed by atoms with Gasteiger partial charge in [0.1, 0.15) is 0 Å². The van der Waals surface area contributed by atoms with Gasteiger partial charge in [-0.05, 0) is 19.9 Å². The van der Waals surface area contributed by atoms with E-state index in [-0.39, 0.29) is 5.91 Å². The first-order chi connectivity index (χ1) is 7.33. The van der Waals surface area contributed by atoms with Crippen LogP contribution in [0.15, 0.2) is 6.20 Å². The zero-order valence-electron chi connectivity index (χ0n) is 8.64. The van der Waals surface area contributed by atoms with Crippen LogP contribution in [-0.2, 0) is 0 Å². The molecule has 82 valence electrons. The highest BCUT2D eigenvalue weighted by atomic mass is 32.1. The van der Waals surface area contributed by atoms with Gasteiger partial charge in [-0.25, -0.2) is 0 Å². The summed E-state index contributed by atoms with van der Waals surface area (Å²) in [5.41, 5.74) is 0.466. The molecule has 1 saturated heterocycles. The first-order valence-corrected chi connectivity index (χ1v) is 5.85. The number of aromatic nitrogens is 2. The predicted molar refractivity (Wildman–Crippen MR) is 57.9 cm³/mol. The number of rotatable bonds is 3. The fourth-order valence-corrected chi connectivity index (χ4v) is 2.29. The van der Waals surface area contributed by atoms with Crippen LogP contribution in [0.1, 0.15) is 23.8 Å². The maximum atomic E-state index is 12.0. The van der Waals surface area contributed by atoms with Crippen LogP contribution in [0.25, 0.3) is 0 Å². The average Bonchev–Trinajstić information content (AvgIpc) is 2.91. The van der Waals surface area contributed by atoms with Gasteiger partial charge < -0.3 is 10.2 Å². The second kappa shape index (κ2) is 4.67. The fourth-order valence-electron chi connectivity index (χ4n) is 1.88. The minimum Gasteiger partial charge on any atom is -0.333 e. The molecule has 1 aromatic heterocycles. The van der Waals surface area contributed by atoms with Crippen molar-refractivity contribution in [3.8, 4) is 0 Å². The maximum Gasteiger partial charge on any atom is 0.275 e. The highest BCUT2D eigenvalue weighted by Crippen LogP contribution is 2.12. The summed E-state index contributed by atoms with van der Waals surface area (Å²) in [6, 6.07) is 0.309. The molecule has 1 N–H and O–H groups in total. The molecule has 15 heavy (non-hydrogen) atoms. The number of carbonyl (C=O) groups excluding carboxylic acids is 1. The molecule has 1 aliphatic rings. The van der Waals surface area contributed by atoms with E-state index in [2.05, 4.69) is 14.1 Å². The Bertz CT molecular complexity index is 321. The van der Waals surface area contributed by atoms with Gasteiger partial charge in [0.25, 0.3) is 5.91 Å². The van der Waals surface area contributed by atoms with Crippen LogP contribution in [0.3, 0.4) is 0 Å². The van der Waals surface area contributed by atoms with Crippen molar-refractivity contribution in [1.82, 2.24) is 19.0 Å². The Kier molecular flexibility index (Phi) is 3.27. The van der Waals surface area contributed by atoms with Crippen LogP contribution in [-0.4, -0.2) is 45.2 Å². The fraction of sp³-hybridized carbons (Fsp3) is 0.667. The number of nitrogens with zero attached hydrogens (tertiary/aromatic N) is 3. The minimum atomic E-state index is -0.0000463. The van der Waals surface area contributed by atoms with Crippen LogP contribution in [0.5, 0.6) is 0 Å². The topological polar surface area (TPSA) is 58.1 Å². The smallest absolute Gasteiger partial charge is 0.275 e. The van der Waals surface area contributed by atoms with Gasteiger partial charge in [-0.15, -0.1) is 0 Å². The first kappa shape index (κ1) is 10.5. The highest BCUT2D eigenvalue weighted by Gasteiger charge is 2.26. The average molecular weight is 226 g/mol. The standard InChI is InChI=1S/C9H14N4OS/c1-2-13(7-3-4-10-5-7)9(14)8-6-11-15-12-8/h6-7,10H,2-5H2,1H3. The van der Waals surface area contributed by atoms with Crippen molar-refractivity contribution >= 4 is 17.6 Å². The summed E-state index contributed by atoms with van der Waals surface area (Å²) in [4.78, 5) is 13.9. The van der Waals surface area contributed by atoms with E-state index in [0.717, 1.165) is 37.8 Å². The summed E-state index contributed by atoms with van der Waals surface area (Å²) < 4.78 is 7.83. The zero-order valence-corrected chi connectivity index (χ0v) is 9.46. The molecule has 0 aliphatic carbocycles. The molecule has 5 nitrogen and oxygen atoms in total. The van der Waals surface area contributed by atoms with E-state index >= 15 is 0 Å². The molecule has 1 aliphatic heterocycles. The molecular weight excluding hydrogens is 212 g/mol. The van der Waals surface area contributed by atoms with Gasteiger partial charge in [-0.3, -0.25) is 4.79 Å². The van der Waals surface area contributed by atoms with Gasteiger partial charge in [-0.2, -0.15) is 8.75 Å².